The zero-order chi connectivity index (χ0) is 28.0. The molecule has 1 aliphatic heterocycles. The lowest BCUT2D eigenvalue weighted by Crippen LogP contribution is -2.78. The van der Waals surface area contributed by atoms with Gasteiger partial charge in [0.15, 0.2) is 6.10 Å². The molecule has 1 saturated heterocycles. The van der Waals surface area contributed by atoms with Crippen LogP contribution in [-0.2, 0) is 38.1 Å². The Labute approximate surface area is 221 Å². The Balaban J connectivity index is 2.00. The first-order valence-corrected chi connectivity index (χ1v) is 12.9. The van der Waals surface area contributed by atoms with Gasteiger partial charge >= 0.3 is 23.9 Å². The van der Waals surface area contributed by atoms with Crippen LogP contribution in [0.2, 0.25) is 0 Å². The first-order valence-electron chi connectivity index (χ1n) is 12.9. The molecule has 10 nitrogen and oxygen atoms in total. The molecule has 208 valence electrons. The van der Waals surface area contributed by atoms with E-state index in [1.807, 2.05) is 6.92 Å². The molecule has 1 spiro atoms. The van der Waals surface area contributed by atoms with Crippen molar-refractivity contribution in [2.75, 3.05) is 6.61 Å². The second-order valence-electron chi connectivity index (χ2n) is 11.1. The average molecular weight is 533 g/mol. The molecule has 8 atom stereocenters. The number of benzene rings is 1. The predicted molar refractivity (Wildman–Crippen MR) is 132 cm³/mol. The Morgan fingerprint density at radius 3 is 2.16 bits per heavy atom. The molecule has 0 aromatic heterocycles. The number of hydrogen-bond acceptors (Lipinski definition) is 10. The van der Waals surface area contributed by atoms with Crippen LogP contribution in [0, 0.1) is 17.3 Å². The van der Waals surface area contributed by atoms with Gasteiger partial charge in [0, 0.05) is 20.8 Å². The zero-order valence-corrected chi connectivity index (χ0v) is 22.6. The Morgan fingerprint density at radius 2 is 1.58 bits per heavy atom. The van der Waals surface area contributed by atoms with Gasteiger partial charge in [-0.3, -0.25) is 14.4 Å². The summed E-state index contributed by atoms with van der Waals surface area (Å²) in [6, 6.07) is 8.28. The van der Waals surface area contributed by atoms with Gasteiger partial charge in [-0.2, -0.15) is 0 Å². The van der Waals surface area contributed by atoms with Crippen LogP contribution in [0.3, 0.4) is 0 Å². The standard InChI is InChI=1S/C28H36O10/c1-15-12-13-20(35-17(3)30)27(14-34-16(2)29)24(37-25(33)19-10-8-7-9-11-19)22(36-18(4)31)21-23(32)28(15,27)38-26(21,5)6/h7-11,15,20-24,32H,12-14H2,1-6H3/t15-,20+,21-,22-,23-,24-,27+,28-/m1/s1. The van der Waals surface area contributed by atoms with Gasteiger partial charge in [-0.1, -0.05) is 25.1 Å². The molecule has 38 heavy (non-hydrogen) atoms. The SMILES string of the molecule is CC(=O)OC[C@@]12[C@@H](OC(C)=O)CC[C@@H](C)[C@]13OC(C)(C)[C@H]([C@@H](OC(C)=O)[C@H]2OC(=O)c1ccccc1)[C@H]3O. The topological polar surface area (TPSA) is 135 Å². The summed E-state index contributed by atoms with van der Waals surface area (Å²) in [6.45, 7) is 8.73. The van der Waals surface area contributed by atoms with Crippen molar-refractivity contribution in [3.8, 4) is 0 Å². The van der Waals surface area contributed by atoms with Crippen molar-refractivity contribution >= 4 is 23.9 Å². The van der Waals surface area contributed by atoms with E-state index >= 15 is 0 Å². The van der Waals surface area contributed by atoms with Crippen LogP contribution in [0.5, 0.6) is 0 Å². The Kier molecular flexibility index (Phi) is 7.35. The summed E-state index contributed by atoms with van der Waals surface area (Å²) in [7, 11) is 0. The molecule has 1 aromatic rings. The third kappa shape index (κ3) is 4.27. The largest absolute Gasteiger partial charge is 0.465 e. The summed E-state index contributed by atoms with van der Waals surface area (Å²) in [4.78, 5) is 50.4. The van der Waals surface area contributed by atoms with Crippen molar-refractivity contribution in [3.05, 3.63) is 35.9 Å². The molecule has 2 saturated carbocycles. The highest BCUT2D eigenvalue weighted by Gasteiger charge is 2.83. The quantitative estimate of drug-likeness (QED) is 0.430. The molecule has 1 N–H and O–H groups in total. The molecule has 3 aliphatic rings. The van der Waals surface area contributed by atoms with Gasteiger partial charge in [0.1, 0.15) is 29.8 Å². The number of ether oxygens (including phenoxy) is 5. The van der Waals surface area contributed by atoms with Gasteiger partial charge < -0.3 is 28.8 Å². The van der Waals surface area contributed by atoms with Crippen molar-refractivity contribution in [1.29, 1.82) is 0 Å². The van der Waals surface area contributed by atoms with E-state index < -0.39 is 77.4 Å². The van der Waals surface area contributed by atoms with E-state index in [-0.39, 0.29) is 11.5 Å². The molecule has 1 aromatic carbocycles. The number of rotatable bonds is 6. The summed E-state index contributed by atoms with van der Waals surface area (Å²) in [5.41, 5.74) is -3.87. The molecule has 10 heteroatoms. The molecule has 0 radical (unpaired) electrons. The van der Waals surface area contributed by atoms with E-state index in [0.29, 0.717) is 12.8 Å². The van der Waals surface area contributed by atoms with E-state index in [1.165, 1.54) is 20.8 Å². The van der Waals surface area contributed by atoms with E-state index in [2.05, 4.69) is 0 Å². The number of carbonyl (C=O) groups is 4. The van der Waals surface area contributed by atoms with Gasteiger partial charge in [0.05, 0.1) is 23.2 Å². The van der Waals surface area contributed by atoms with Crippen LogP contribution in [0.4, 0.5) is 0 Å². The molecule has 0 amide bonds. The fraction of sp³-hybridized carbons (Fsp3) is 0.643. The lowest BCUT2D eigenvalue weighted by molar-refractivity contribution is -0.312. The lowest BCUT2D eigenvalue weighted by Gasteiger charge is -2.63. The van der Waals surface area contributed by atoms with E-state index in [1.54, 1.807) is 44.2 Å². The van der Waals surface area contributed by atoms with Crippen molar-refractivity contribution in [1.82, 2.24) is 0 Å². The monoisotopic (exact) mass is 532 g/mol. The zero-order valence-electron chi connectivity index (χ0n) is 22.6. The third-order valence-electron chi connectivity index (χ3n) is 8.44. The molecule has 2 bridgehead atoms. The normalized spacial score (nSPS) is 36.9. The van der Waals surface area contributed by atoms with Crippen LogP contribution >= 0.6 is 0 Å². The van der Waals surface area contributed by atoms with E-state index in [4.69, 9.17) is 23.7 Å². The Morgan fingerprint density at radius 1 is 0.947 bits per heavy atom. The van der Waals surface area contributed by atoms with Crippen molar-refractivity contribution in [2.24, 2.45) is 17.3 Å². The third-order valence-corrected chi connectivity index (χ3v) is 8.44. The van der Waals surface area contributed by atoms with Crippen LogP contribution in [0.25, 0.3) is 0 Å². The second kappa shape index (κ2) is 9.96. The first kappa shape index (κ1) is 28.0. The number of aliphatic hydroxyl groups excluding tert-OH is 1. The van der Waals surface area contributed by atoms with Gasteiger partial charge in [0.2, 0.25) is 0 Å². The summed E-state index contributed by atoms with van der Waals surface area (Å²) in [6.07, 6.45) is -3.88. The maximum Gasteiger partial charge on any atom is 0.338 e. The van der Waals surface area contributed by atoms with Crippen molar-refractivity contribution in [3.63, 3.8) is 0 Å². The fourth-order valence-corrected chi connectivity index (χ4v) is 7.15. The van der Waals surface area contributed by atoms with Gasteiger partial charge in [-0.25, -0.2) is 4.79 Å². The van der Waals surface area contributed by atoms with E-state index in [9.17, 15) is 24.3 Å². The number of esters is 4. The molecule has 3 fully saturated rings. The smallest absolute Gasteiger partial charge is 0.338 e. The lowest BCUT2D eigenvalue weighted by atomic mass is 9.47. The summed E-state index contributed by atoms with van der Waals surface area (Å²) in [5, 5.41) is 12.0. The maximum atomic E-state index is 13.5. The Hall–Kier alpha value is -2.98. The predicted octanol–water partition coefficient (Wildman–Crippen LogP) is 2.59. The van der Waals surface area contributed by atoms with Crippen LogP contribution < -0.4 is 0 Å². The van der Waals surface area contributed by atoms with Crippen LogP contribution in [-0.4, -0.2) is 71.2 Å². The minimum atomic E-state index is -1.60. The van der Waals surface area contributed by atoms with Gasteiger partial charge in [-0.15, -0.1) is 0 Å². The highest BCUT2D eigenvalue weighted by Crippen LogP contribution is 2.67. The second-order valence-corrected chi connectivity index (χ2v) is 11.1. The molecular formula is C28H36O10. The molecule has 1 heterocycles. The van der Waals surface area contributed by atoms with Crippen molar-refractivity contribution in [2.45, 2.75) is 90.0 Å². The summed E-state index contributed by atoms with van der Waals surface area (Å²) in [5.74, 6) is -3.73. The molecule has 0 unspecified atom stereocenters. The molecular weight excluding hydrogens is 496 g/mol. The van der Waals surface area contributed by atoms with Gasteiger partial charge in [0.25, 0.3) is 0 Å². The van der Waals surface area contributed by atoms with Crippen LogP contribution in [0.1, 0.15) is 64.7 Å². The highest BCUT2D eigenvalue weighted by molar-refractivity contribution is 5.89. The summed E-state index contributed by atoms with van der Waals surface area (Å²) < 4.78 is 30.1. The number of hydrogen-bond donors (Lipinski definition) is 1. The Bertz CT molecular complexity index is 1100. The van der Waals surface area contributed by atoms with Crippen LogP contribution in [0.15, 0.2) is 30.3 Å². The highest BCUT2D eigenvalue weighted by atomic mass is 16.6. The molecule has 2 aliphatic carbocycles. The summed E-state index contributed by atoms with van der Waals surface area (Å²) >= 11 is 0. The van der Waals surface area contributed by atoms with Crippen molar-refractivity contribution < 1.29 is 48.0 Å². The minimum absolute atomic E-state index is 0.248. The number of carbonyl (C=O) groups excluding carboxylic acids is 4. The fourth-order valence-electron chi connectivity index (χ4n) is 7.15. The molecule has 4 rings (SSSR count). The number of fused-ring (bicyclic) bond motifs is 1. The number of aliphatic hydroxyl groups is 1. The van der Waals surface area contributed by atoms with Gasteiger partial charge in [-0.05, 0) is 44.7 Å². The van der Waals surface area contributed by atoms with E-state index in [0.717, 1.165) is 0 Å². The average Bonchev–Trinajstić information content (AvgIpc) is 3.00. The maximum absolute atomic E-state index is 13.5. The first-order chi connectivity index (χ1) is 17.8. The minimum Gasteiger partial charge on any atom is -0.465 e.